The summed E-state index contributed by atoms with van der Waals surface area (Å²) < 4.78 is 13.2. The van der Waals surface area contributed by atoms with Crippen LogP contribution < -0.4 is 5.32 Å². The van der Waals surface area contributed by atoms with Crippen LogP contribution in [0.3, 0.4) is 0 Å². The Bertz CT molecular complexity index is 153. The molecule has 2 unspecified atom stereocenters. The maximum atomic E-state index is 13.2. The average molecular weight is 262 g/mol. The van der Waals surface area contributed by atoms with Crippen molar-refractivity contribution in [3.8, 4) is 0 Å². The van der Waals surface area contributed by atoms with Crippen LogP contribution in [0.2, 0.25) is 0 Å². The van der Waals surface area contributed by atoms with Crippen LogP contribution in [0.15, 0.2) is 0 Å². The topological polar surface area (TPSA) is 15.3 Å². The third kappa shape index (κ3) is 9.84. The molecule has 1 N–H and O–H groups in total. The first-order valence-electron chi connectivity index (χ1n) is 7.80. The number of nitrogens with zero attached hydrogens (tertiary/aromatic N) is 1. The van der Waals surface area contributed by atoms with E-state index in [1.165, 1.54) is 19.3 Å². The van der Waals surface area contributed by atoms with Crippen molar-refractivity contribution >= 4 is 0 Å². The monoisotopic (exact) mass is 262 g/mol. The van der Waals surface area contributed by atoms with E-state index < -0.39 is 6.17 Å². The number of hydrogen-bond acceptors (Lipinski definition) is 2. The van der Waals surface area contributed by atoms with Gasteiger partial charge in [0.2, 0.25) is 0 Å². The third-order valence-corrected chi connectivity index (χ3v) is 2.91. The molecule has 1 aliphatic heterocycles. The van der Waals surface area contributed by atoms with E-state index in [9.17, 15) is 4.39 Å². The normalized spacial score (nSPS) is 22.0. The standard InChI is InChI=1S/C11H23FN2.2C2H6/c1-3-4-5-8-14(2)9-11-10(12)6-7-13-11;2*1-2/h10-11,13H,3-9H2,1-2H3;2*1-2H3. The Morgan fingerprint density at radius 3 is 2.22 bits per heavy atom. The second-order valence-electron chi connectivity index (χ2n) is 4.33. The van der Waals surface area contributed by atoms with Gasteiger partial charge < -0.3 is 10.2 Å². The number of nitrogens with one attached hydrogen (secondary N) is 1. The summed E-state index contributed by atoms with van der Waals surface area (Å²) in [6, 6.07) is 0.0710. The summed E-state index contributed by atoms with van der Waals surface area (Å²) in [4.78, 5) is 2.24. The summed E-state index contributed by atoms with van der Waals surface area (Å²) in [5.74, 6) is 0. The molecule has 1 rings (SSSR count). The SMILES string of the molecule is CC.CC.CCCCCN(C)CC1NCCC1F. The van der Waals surface area contributed by atoms with E-state index in [2.05, 4.69) is 24.2 Å². The van der Waals surface area contributed by atoms with Crippen molar-refractivity contribution in [2.75, 3.05) is 26.7 Å². The predicted octanol–water partition coefficient (Wildman–Crippen LogP) is 3.86. The van der Waals surface area contributed by atoms with E-state index in [-0.39, 0.29) is 6.04 Å². The lowest BCUT2D eigenvalue weighted by molar-refractivity contribution is 0.228. The summed E-state index contributed by atoms with van der Waals surface area (Å²) in [6.45, 7) is 13.0. The van der Waals surface area contributed by atoms with E-state index in [0.717, 1.165) is 19.6 Å². The van der Waals surface area contributed by atoms with E-state index in [0.29, 0.717) is 6.42 Å². The quantitative estimate of drug-likeness (QED) is 0.731. The molecule has 0 bridgehead atoms. The van der Waals surface area contributed by atoms with Crippen LogP contribution in [0.4, 0.5) is 4.39 Å². The van der Waals surface area contributed by atoms with Gasteiger partial charge in [0.1, 0.15) is 6.17 Å². The Kier molecular flexibility index (Phi) is 16.7. The van der Waals surface area contributed by atoms with Crippen LogP contribution in [0.25, 0.3) is 0 Å². The third-order valence-electron chi connectivity index (χ3n) is 2.91. The molecular weight excluding hydrogens is 227 g/mol. The summed E-state index contributed by atoms with van der Waals surface area (Å²) in [5, 5.41) is 3.21. The van der Waals surface area contributed by atoms with Crippen molar-refractivity contribution < 1.29 is 4.39 Å². The Hall–Kier alpha value is -0.150. The first-order chi connectivity index (χ1) is 8.74. The summed E-state index contributed by atoms with van der Waals surface area (Å²) >= 11 is 0. The van der Waals surface area contributed by atoms with Crippen molar-refractivity contribution in [2.45, 2.75) is 72.5 Å². The van der Waals surface area contributed by atoms with Gasteiger partial charge in [-0.25, -0.2) is 4.39 Å². The molecule has 0 aliphatic carbocycles. The second kappa shape index (κ2) is 14.9. The molecule has 3 heteroatoms. The molecule has 2 nitrogen and oxygen atoms in total. The fraction of sp³-hybridized carbons (Fsp3) is 1.00. The van der Waals surface area contributed by atoms with Gasteiger partial charge in [0.05, 0.1) is 6.04 Å². The van der Waals surface area contributed by atoms with Gasteiger partial charge in [0.15, 0.2) is 0 Å². The lowest BCUT2D eigenvalue weighted by Crippen LogP contribution is -2.40. The minimum absolute atomic E-state index is 0.0710. The van der Waals surface area contributed by atoms with Crippen molar-refractivity contribution in [3.63, 3.8) is 0 Å². The van der Waals surface area contributed by atoms with Crippen molar-refractivity contribution in [1.29, 1.82) is 0 Å². The van der Waals surface area contributed by atoms with E-state index in [1.54, 1.807) is 0 Å². The highest BCUT2D eigenvalue weighted by atomic mass is 19.1. The molecule has 0 saturated carbocycles. The minimum atomic E-state index is -0.636. The summed E-state index contributed by atoms with van der Waals surface area (Å²) in [5.41, 5.74) is 0. The zero-order chi connectivity index (χ0) is 14.4. The van der Waals surface area contributed by atoms with Crippen molar-refractivity contribution in [2.24, 2.45) is 0 Å². The maximum absolute atomic E-state index is 13.2. The number of rotatable bonds is 6. The number of likely N-dealkylation sites (N-methyl/N-ethyl adjacent to an activating group) is 1. The van der Waals surface area contributed by atoms with Gasteiger partial charge in [-0.3, -0.25) is 0 Å². The molecule has 0 aromatic heterocycles. The van der Waals surface area contributed by atoms with E-state index >= 15 is 0 Å². The van der Waals surface area contributed by atoms with Gasteiger partial charge in [-0.05, 0) is 33.0 Å². The van der Waals surface area contributed by atoms with Gasteiger partial charge >= 0.3 is 0 Å². The largest absolute Gasteiger partial charge is 0.310 e. The van der Waals surface area contributed by atoms with E-state index in [1.807, 2.05) is 27.7 Å². The smallest absolute Gasteiger partial charge is 0.118 e. The van der Waals surface area contributed by atoms with Crippen LogP contribution >= 0.6 is 0 Å². The first-order valence-corrected chi connectivity index (χ1v) is 7.80. The van der Waals surface area contributed by atoms with Crippen LogP contribution in [0.1, 0.15) is 60.3 Å². The first kappa shape index (κ1) is 20.2. The molecule has 1 saturated heterocycles. The molecule has 0 radical (unpaired) electrons. The molecule has 0 spiro atoms. The van der Waals surface area contributed by atoms with Gasteiger partial charge in [0.25, 0.3) is 0 Å². The Morgan fingerprint density at radius 2 is 1.78 bits per heavy atom. The number of alkyl halides is 1. The average Bonchev–Trinajstić information content (AvgIpc) is 2.80. The van der Waals surface area contributed by atoms with Gasteiger partial charge in [-0.2, -0.15) is 0 Å². The number of halogens is 1. The van der Waals surface area contributed by atoms with Crippen molar-refractivity contribution in [3.05, 3.63) is 0 Å². The molecule has 0 aromatic carbocycles. The second-order valence-corrected chi connectivity index (χ2v) is 4.33. The zero-order valence-corrected chi connectivity index (χ0v) is 13.4. The van der Waals surface area contributed by atoms with Crippen LogP contribution in [-0.2, 0) is 0 Å². The van der Waals surface area contributed by atoms with E-state index in [4.69, 9.17) is 0 Å². The molecule has 1 fully saturated rings. The highest BCUT2D eigenvalue weighted by Crippen LogP contribution is 2.12. The minimum Gasteiger partial charge on any atom is -0.310 e. The summed E-state index contributed by atoms with van der Waals surface area (Å²) in [7, 11) is 2.09. The predicted molar refractivity (Wildman–Crippen MR) is 81.0 cm³/mol. The van der Waals surface area contributed by atoms with Gasteiger partial charge in [-0.1, -0.05) is 47.5 Å². The summed E-state index contributed by atoms with van der Waals surface area (Å²) in [6.07, 6.45) is 3.82. The van der Waals surface area contributed by atoms with Crippen LogP contribution in [0.5, 0.6) is 0 Å². The van der Waals surface area contributed by atoms with Crippen LogP contribution in [0, 0.1) is 0 Å². The molecule has 112 valence electrons. The van der Waals surface area contributed by atoms with Gasteiger partial charge in [-0.15, -0.1) is 0 Å². The zero-order valence-electron chi connectivity index (χ0n) is 13.4. The lowest BCUT2D eigenvalue weighted by atomic mass is 10.2. The molecular formula is C15H35FN2. The van der Waals surface area contributed by atoms with Crippen LogP contribution in [-0.4, -0.2) is 43.8 Å². The molecule has 0 amide bonds. The fourth-order valence-corrected chi connectivity index (χ4v) is 1.97. The number of unbranched alkanes of at least 4 members (excludes halogenated alkanes) is 2. The maximum Gasteiger partial charge on any atom is 0.118 e. The Morgan fingerprint density at radius 1 is 1.17 bits per heavy atom. The highest BCUT2D eigenvalue weighted by molar-refractivity contribution is 4.85. The fourth-order valence-electron chi connectivity index (χ4n) is 1.97. The molecule has 1 aliphatic rings. The Balaban J connectivity index is 0. The highest BCUT2D eigenvalue weighted by Gasteiger charge is 2.26. The molecule has 2 atom stereocenters. The molecule has 18 heavy (non-hydrogen) atoms. The lowest BCUT2D eigenvalue weighted by Gasteiger charge is -2.22. The molecule has 0 aromatic rings. The Labute approximate surface area is 114 Å². The molecule has 1 heterocycles. The number of hydrogen-bond donors (Lipinski definition) is 1. The van der Waals surface area contributed by atoms with Crippen molar-refractivity contribution in [1.82, 2.24) is 10.2 Å². The van der Waals surface area contributed by atoms with Gasteiger partial charge in [0, 0.05) is 6.54 Å².